The highest BCUT2D eigenvalue weighted by Crippen LogP contribution is 2.33. The Hall–Kier alpha value is -3.05. The van der Waals surface area contributed by atoms with Crippen molar-refractivity contribution < 1.29 is 23.5 Å². The molecule has 3 heterocycles. The molecular formula is C20H24FN5O4S. The monoisotopic (exact) mass is 449 g/mol. The first-order valence-electron chi connectivity index (χ1n) is 9.79. The van der Waals surface area contributed by atoms with Crippen LogP contribution in [0, 0.1) is 12.7 Å². The van der Waals surface area contributed by atoms with E-state index in [4.69, 9.17) is 10.5 Å². The lowest BCUT2D eigenvalue weighted by Gasteiger charge is -2.35. The van der Waals surface area contributed by atoms with E-state index in [2.05, 4.69) is 10.3 Å². The molecule has 1 fully saturated rings. The normalized spacial score (nSPS) is 14.4. The molecule has 0 radical (unpaired) electrons. The third-order valence-corrected chi connectivity index (χ3v) is 6.10. The maximum atomic E-state index is 13.9. The molecule has 0 unspecified atom stereocenters. The highest BCUT2D eigenvalue weighted by molar-refractivity contribution is 7.18. The smallest absolute Gasteiger partial charge is 0.341 e. The summed E-state index contributed by atoms with van der Waals surface area (Å²) in [6.07, 6.45) is 1.54. The second-order valence-electron chi connectivity index (χ2n) is 6.97. The van der Waals surface area contributed by atoms with E-state index in [0.717, 1.165) is 11.3 Å². The van der Waals surface area contributed by atoms with Gasteiger partial charge in [-0.15, -0.1) is 11.3 Å². The Morgan fingerprint density at radius 1 is 1.29 bits per heavy atom. The summed E-state index contributed by atoms with van der Waals surface area (Å²) in [6, 6.07) is 2.91. The summed E-state index contributed by atoms with van der Waals surface area (Å²) >= 11 is 0.954. The van der Waals surface area contributed by atoms with Gasteiger partial charge in [-0.25, -0.2) is 14.2 Å². The molecule has 1 aliphatic heterocycles. The summed E-state index contributed by atoms with van der Waals surface area (Å²) < 4.78 is 19.0. The van der Waals surface area contributed by atoms with Gasteiger partial charge in [0.05, 0.1) is 23.6 Å². The van der Waals surface area contributed by atoms with Crippen LogP contribution in [0.3, 0.4) is 0 Å². The van der Waals surface area contributed by atoms with E-state index in [0.29, 0.717) is 37.6 Å². The van der Waals surface area contributed by atoms with Gasteiger partial charge in [0, 0.05) is 32.4 Å². The van der Waals surface area contributed by atoms with Crippen molar-refractivity contribution >= 4 is 39.9 Å². The van der Waals surface area contributed by atoms with E-state index in [1.54, 1.807) is 26.1 Å². The Labute approximate surface area is 183 Å². The summed E-state index contributed by atoms with van der Waals surface area (Å²) in [6.45, 7) is 5.66. The molecule has 2 amide bonds. The molecule has 1 saturated heterocycles. The van der Waals surface area contributed by atoms with Gasteiger partial charge in [0.1, 0.15) is 5.00 Å². The van der Waals surface area contributed by atoms with Gasteiger partial charge in [-0.2, -0.15) is 0 Å². The third kappa shape index (κ3) is 5.17. The van der Waals surface area contributed by atoms with Crippen molar-refractivity contribution in [2.75, 3.05) is 49.5 Å². The molecule has 0 bridgehead atoms. The first-order chi connectivity index (χ1) is 14.8. The number of carbonyl (C=O) groups excluding carboxylic acids is 3. The number of piperazine rings is 1. The number of halogens is 1. The van der Waals surface area contributed by atoms with Gasteiger partial charge in [-0.3, -0.25) is 14.5 Å². The fraction of sp³-hybridized carbons (Fsp3) is 0.400. The summed E-state index contributed by atoms with van der Waals surface area (Å²) in [5, 5.41) is 2.95. The van der Waals surface area contributed by atoms with E-state index < -0.39 is 11.9 Å². The summed E-state index contributed by atoms with van der Waals surface area (Å²) in [7, 11) is 0. The Morgan fingerprint density at radius 2 is 2.00 bits per heavy atom. The minimum atomic E-state index is -0.675. The number of primary amides is 1. The van der Waals surface area contributed by atoms with Gasteiger partial charge in [-0.1, -0.05) is 0 Å². The van der Waals surface area contributed by atoms with Crippen molar-refractivity contribution in [2.45, 2.75) is 13.8 Å². The van der Waals surface area contributed by atoms with Crippen molar-refractivity contribution in [3.05, 3.63) is 40.2 Å². The molecule has 0 atom stereocenters. The lowest BCUT2D eigenvalue weighted by molar-refractivity contribution is -0.117. The topological polar surface area (TPSA) is 118 Å². The number of nitrogens with two attached hydrogens (primary N) is 1. The molecule has 11 heteroatoms. The number of hydrogen-bond acceptors (Lipinski definition) is 8. The Morgan fingerprint density at radius 3 is 2.61 bits per heavy atom. The van der Waals surface area contributed by atoms with E-state index in [9.17, 15) is 18.8 Å². The zero-order valence-corrected chi connectivity index (χ0v) is 18.1. The van der Waals surface area contributed by atoms with Crippen LogP contribution in [-0.2, 0) is 9.53 Å². The van der Waals surface area contributed by atoms with Crippen molar-refractivity contribution in [3.63, 3.8) is 0 Å². The van der Waals surface area contributed by atoms with Crippen LogP contribution in [0.15, 0.2) is 18.3 Å². The van der Waals surface area contributed by atoms with Crippen LogP contribution in [0.4, 0.5) is 15.2 Å². The van der Waals surface area contributed by atoms with Gasteiger partial charge in [0.25, 0.3) is 5.91 Å². The van der Waals surface area contributed by atoms with Crippen LogP contribution in [0.1, 0.15) is 32.5 Å². The van der Waals surface area contributed by atoms with Crippen LogP contribution < -0.4 is 16.0 Å². The fourth-order valence-electron chi connectivity index (χ4n) is 3.38. The molecule has 31 heavy (non-hydrogen) atoms. The lowest BCUT2D eigenvalue weighted by Crippen LogP contribution is -2.49. The molecule has 2 aromatic heterocycles. The largest absolute Gasteiger partial charge is 0.462 e. The summed E-state index contributed by atoms with van der Waals surface area (Å²) in [4.78, 5) is 44.6. The summed E-state index contributed by atoms with van der Waals surface area (Å²) in [5.74, 6) is -1.70. The minimum Gasteiger partial charge on any atom is -0.462 e. The van der Waals surface area contributed by atoms with Crippen molar-refractivity contribution in [1.29, 1.82) is 0 Å². The van der Waals surface area contributed by atoms with E-state index in [1.807, 2.05) is 9.80 Å². The highest BCUT2D eigenvalue weighted by atomic mass is 32.1. The second-order valence-corrected chi connectivity index (χ2v) is 7.99. The van der Waals surface area contributed by atoms with E-state index >= 15 is 0 Å². The maximum Gasteiger partial charge on any atom is 0.341 e. The van der Waals surface area contributed by atoms with Crippen LogP contribution >= 0.6 is 11.3 Å². The quantitative estimate of drug-likeness (QED) is 0.617. The molecule has 3 rings (SSSR count). The van der Waals surface area contributed by atoms with Gasteiger partial charge >= 0.3 is 5.97 Å². The first-order valence-corrected chi connectivity index (χ1v) is 10.6. The van der Waals surface area contributed by atoms with Gasteiger partial charge < -0.3 is 20.7 Å². The van der Waals surface area contributed by atoms with Crippen LogP contribution in [0.25, 0.3) is 0 Å². The molecular weight excluding hydrogens is 425 g/mol. The SMILES string of the molecule is CCOC(=O)c1c(NC(=O)CN2CCN(c3ncccc3F)CC2)sc(C(N)=O)c1C. The first kappa shape index (κ1) is 22.6. The van der Waals surface area contributed by atoms with Gasteiger partial charge in [0.2, 0.25) is 5.91 Å². The number of pyridine rings is 1. The van der Waals surface area contributed by atoms with Crippen molar-refractivity contribution in [1.82, 2.24) is 9.88 Å². The number of thiophene rings is 1. The minimum absolute atomic E-state index is 0.0870. The molecule has 166 valence electrons. The standard InChI is InChI=1S/C20H24FN5O4S/c1-3-30-20(29)15-12(2)16(17(22)28)31-19(15)24-14(27)11-25-7-9-26(10-8-25)18-13(21)5-4-6-23-18/h4-6H,3,7-11H2,1-2H3,(H2,22,28)(H,24,27). The Bertz CT molecular complexity index is 988. The maximum absolute atomic E-state index is 13.9. The number of nitrogens with one attached hydrogen (secondary N) is 1. The second kappa shape index (κ2) is 9.84. The highest BCUT2D eigenvalue weighted by Gasteiger charge is 2.27. The van der Waals surface area contributed by atoms with E-state index in [-0.39, 0.29) is 40.3 Å². The predicted molar refractivity (Wildman–Crippen MR) is 115 cm³/mol. The number of rotatable bonds is 7. The molecule has 9 nitrogen and oxygen atoms in total. The molecule has 2 aromatic rings. The van der Waals surface area contributed by atoms with Crippen molar-refractivity contribution in [2.24, 2.45) is 5.73 Å². The number of ether oxygens (including phenoxy) is 1. The number of aromatic nitrogens is 1. The third-order valence-electron chi connectivity index (χ3n) is 4.88. The van der Waals surface area contributed by atoms with Crippen LogP contribution in [0.5, 0.6) is 0 Å². The number of amides is 2. The lowest BCUT2D eigenvalue weighted by atomic mass is 10.1. The number of hydrogen-bond donors (Lipinski definition) is 2. The van der Waals surface area contributed by atoms with Gasteiger partial charge in [-0.05, 0) is 31.5 Å². The molecule has 0 aromatic carbocycles. The number of nitrogens with zero attached hydrogens (tertiary/aromatic N) is 3. The number of esters is 1. The zero-order valence-electron chi connectivity index (χ0n) is 17.3. The molecule has 0 aliphatic carbocycles. The average molecular weight is 450 g/mol. The fourth-order valence-corrected chi connectivity index (χ4v) is 4.45. The molecule has 1 aliphatic rings. The van der Waals surface area contributed by atoms with Crippen LogP contribution in [-0.4, -0.2) is 67.0 Å². The van der Waals surface area contributed by atoms with Crippen molar-refractivity contribution in [3.8, 4) is 0 Å². The average Bonchev–Trinajstić information content (AvgIpc) is 3.05. The number of carbonyl (C=O) groups is 3. The van der Waals surface area contributed by atoms with E-state index in [1.165, 1.54) is 6.07 Å². The Balaban J connectivity index is 1.64. The predicted octanol–water partition coefficient (Wildman–Crippen LogP) is 1.63. The zero-order chi connectivity index (χ0) is 22.5. The summed E-state index contributed by atoms with van der Waals surface area (Å²) in [5.41, 5.74) is 5.91. The molecule has 0 saturated carbocycles. The Kier molecular flexibility index (Phi) is 7.18. The number of anilines is 2. The molecule has 0 spiro atoms. The molecule has 3 N–H and O–H groups in total. The van der Waals surface area contributed by atoms with Crippen LogP contribution in [0.2, 0.25) is 0 Å². The van der Waals surface area contributed by atoms with Gasteiger partial charge in [0.15, 0.2) is 11.6 Å².